The van der Waals surface area contributed by atoms with Crippen LogP contribution in [0, 0.1) is 0 Å². The summed E-state index contributed by atoms with van der Waals surface area (Å²) in [6.45, 7) is 0. The Labute approximate surface area is 184 Å². The molecule has 0 bridgehead atoms. The van der Waals surface area contributed by atoms with Gasteiger partial charge in [0.15, 0.2) is 11.6 Å². The number of hydrogen-bond donors (Lipinski definition) is 0. The average Bonchev–Trinajstić information content (AvgIpc) is 2.83. The van der Waals surface area contributed by atoms with Gasteiger partial charge in [-0.15, -0.1) is 0 Å². The van der Waals surface area contributed by atoms with E-state index >= 15 is 0 Å². The molecule has 5 aromatic carbocycles. The number of rotatable bonds is 2. The molecule has 0 radical (unpaired) electrons. The molecule has 6 aromatic rings. The molecule has 0 amide bonds. The second-order valence-corrected chi connectivity index (χ2v) is 7.81. The first-order chi connectivity index (χ1) is 15.3. The molecule has 1 heterocycles. The van der Waals surface area contributed by atoms with Gasteiger partial charge in [0.25, 0.3) is 0 Å². The molecule has 0 unspecified atom stereocenters. The maximum absolute atomic E-state index is 6.34. The third kappa shape index (κ3) is 3.02. The minimum Gasteiger partial charge on any atom is -0.208 e. The number of aromatic nitrogens is 3. The summed E-state index contributed by atoms with van der Waals surface area (Å²) in [5.41, 5.74) is 1.85. The van der Waals surface area contributed by atoms with E-state index in [0.717, 1.165) is 21.9 Å². The first-order valence-electron chi connectivity index (χ1n) is 10.1. The van der Waals surface area contributed by atoms with Crippen LogP contribution < -0.4 is 0 Å². The van der Waals surface area contributed by atoms with Crippen LogP contribution in [0.2, 0.25) is 5.28 Å². The highest BCUT2D eigenvalue weighted by atomic mass is 35.5. The first kappa shape index (κ1) is 18.0. The van der Waals surface area contributed by atoms with Crippen molar-refractivity contribution in [2.24, 2.45) is 0 Å². The van der Waals surface area contributed by atoms with E-state index in [1.807, 2.05) is 36.4 Å². The molecule has 3 nitrogen and oxygen atoms in total. The van der Waals surface area contributed by atoms with Gasteiger partial charge < -0.3 is 0 Å². The number of fused-ring (bicyclic) bond motifs is 5. The van der Waals surface area contributed by atoms with E-state index in [1.165, 1.54) is 21.5 Å². The first-order valence-corrected chi connectivity index (χ1v) is 10.5. The van der Waals surface area contributed by atoms with Gasteiger partial charge in [-0.2, -0.15) is 9.97 Å². The van der Waals surface area contributed by atoms with Gasteiger partial charge in [-0.1, -0.05) is 91.0 Å². The van der Waals surface area contributed by atoms with Crippen LogP contribution in [0.3, 0.4) is 0 Å². The molecule has 0 aliphatic rings. The van der Waals surface area contributed by atoms with Crippen LogP contribution >= 0.6 is 11.6 Å². The third-order valence-electron chi connectivity index (χ3n) is 5.63. The molecule has 0 aliphatic carbocycles. The van der Waals surface area contributed by atoms with Gasteiger partial charge in [-0.25, -0.2) is 4.98 Å². The van der Waals surface area contributed by atoms with Crippen molar-refractivity contribution in [1.29, 1.82) is 0 Å². The van der Waals surface area contributed by atoms with Crippen molar-refractivity contribution in [3.63, 3.8) is 0 Å². The van der Waals surface area contributed by atoms with Crippen molar-refractivity contribution in [3.8, 4) is 22.8 Å². The lowest BCUT2D eigenvalue weighted by Crippen LogP contribution is -1.98. The number of hydrogen-bond acceptors (Lipinski definition) is 3. The predicted octanol–water partition coefficient (Wildman–Crippen LogP) is 7.32. The highest BCUT2D eigenvalue weighted by Gasteiger charge is 2.15. The van der Waals surface area contributed by atoms with Crippen molar-refractivity contribution in [3.05, 3.63) is 102 Å². The highest BCUT2D eigenvalue weighted by Crippen LogP contribution is 2.37. The van der Waals surface area contributed by atoms with Gasteiger partial charge in [-0.05, 0) is 50.0 Å². The predicted molar refractivity (Wildman–Crippen MR) is 128 cm³/mol. The lowest BCUT2D eigenvalue weighted by atomic mass is 9.93. The summed E-state index contributed by atoms with van der Waals surface area (Å²) in [4.78, 5) is 13.6. The monoisotopic (exact) mass is 417 g/mol. The summed E-state index contributed by atoms with van der Waals surface area (Å²) in [5, 5.41) is 7.29. The topological polar surface area (TPSA) is 38.7 Å². The average molecular weight is 418 g/mol. The minimum absolute atomic E-state index is 0.187. The van der Waals surface area contributed by atoms with Crippen LogP contribution in [0.15, 0.2) is 97.1 Å². The molecule has 0 spiro atoms. The van der Waals surface area contributed by atoms with Crippen molar-refractivity contribution in [2.45, 2.75) is 0 Å². The molecule has 0 atom stereocenters. The van der Waals surface area contributed by atoms with E-state index in [0.29, 0.717) is 11.6 Å². The lowest BCUT2D eigenvalue weighted by molar-refractivity contribution is 1.07. The van der Waals surface area contributed by atoms with E-state index in [4.69, 9.17) is 16.6 Å². The molecular weight excluding hydrogens is 402 g/mol. The largest absolute Gasteiger partial charge is 0.226 e. The fraction of sp³-hybridized carbons (Fsp3) is 0. The summed E-state index contributed by atoms with van der Waals surface area (Å²) >= 11 is 6.34. The van der Waals surface area contributed by atoms with Crippen molar-refractivity contribution in [1.82, 2.24) is 15.0 Å². The molecule has 0 aliphatic heterocycles. The standard InChI is InChI=1S/C27H16ClN3/c28-27-30-25(18-9-2-1-3-10-18)29-26(31-27)23-16-19-15-14-17-8-4-5-11-20(17)24(19)22-13-7-6-12-21(22)23/h1-16H. The van der Waals surface area contributed by atoms with Gasteiger partial charge >= 0.3 is 0 Å². The van der Waals surface area contributed by atoms with Gasteiger partial charge in [0.05, 0.1) is 0 Å². The highest BCUT2D eigenvalue weighted by molar-refractivity contribution is 6.28. The van der Waals surface area contributed by atoms with Crippen LogP contribution in [0.1, 0.15) is 0 Å². The maximum Gasteiger partial charge on any atom is 0.226 e. The molecule has 146 valence electrons. The molecule has 4 heteroatoms. The Morgan fingerprint density at radius 2 is 1.16 bits per heavy atom. The van der Waals surface area contributed by atoms with Crippen LogP contribution in [0.4, 0.5) is 0 Å². The summed E-state index contributed by atoms with van der Waals surface area (Å²) in [5.74, 6) is 1.14. The van der Waals surface area contributed by atoms with Crippen LogP contribution in [0.25, 0.3) is 55.1 Å². The van der Waals surface area contributed by atoms with E-state index in [-0.39, 0.29) is 5.28 Å². The van der Waals surface area contributed by atoms with E-state index in [9.17, 15) is 0 Å². The Balaban J connectivity index is 1.69. The van der Waals surface area contributed by atoms with E-state index in [1.54, 1.807) is 0 Å². The van der Waals surface area contributed by atoms with Gasteiger partial charge in [0, 0.05) is 11.1 Å². The Bertz CT molecular complexity index is 1590. The molecule has 6 rings (SSSR count). The zero-order valence-electron chi connectivity index (χ0n) is 16.5. The Morgan fingerprint density at radius 1 is 0.516 bits per heavy atom. The van der Waals surface area contributed by atoms with Crippen molar-refractivity contribution >= 4 is 43.9 Å². The second kappa shape index (κ2) is 7.15. The molecule has 1 aromatic heterocycles. The normalized spacial score (nSPS) is 11.4. The zero-order valence-corrected chi connectivity index (χ0v) is 17.2. The molecule has 0 saturated carbocycles. The lowest BCUT2D eigenvalue weighted by Gasteiger charge is -2.13. The van der Waals surface area contributed by atoms with Gasteiger partial charge in [0.1, 0.15) is 0 Å². The number of benzene rings is 5. The number of nitrogens with zero attached hydrogens (tertiary/aromatic N) is 3. The van der Waals surface area contributed by atoms with E-state index < -0.39 is 0 Å². The molecule has 31 heavy (non-hydrogen) atoms. The van der Waals surface area contributed by atoms with E-state index in [2.05, 4.69) is 70.6 Å². The summed E-state index contributed by atoms with van der Waals surface area (Å²) in [6, 6.07) is 33.2. The Morgan fingerprint density at radius 3 is 2.00 bits per heavy atom. The Hall–Kier alpha value is -3.82. The SMILES string of the molecule is Clc1nc(-c2ccccc2)nc(-c2cc3ccc4ccccc4c3c3ccccc23)n1. The summed E-state index contributed by atoms with van der Waals surface area (Å²) < 4.78 is 0. The fourth-order valence-corrected chi connectivity index (χ4v) is 4.41. The quantitative estimate of drug-likeness (QED) is 0.277. The summed E-state index contributed by atoms with van der Waals surface area (Å²) in [6.07, 6.45) is 0. The number of halogens is 1. The fourth-order valence-electron chi connectivity index (χ4n) is 4.25. The minimum atomic E-state index is 0.187. The van der Waals surface area contributed by atoms with Crippen molar-refractivity contribution in [2.75, 3.05) is 0 Å². The zero-order chi connectivity index (χ0) is 20.8. The van der Waals surface area contributed by atoms with Crippen LogP contribution in [-0.4, -0.2) is 15.0 Å². The molecule has 0 saturated heterocycles. The summed E-state index contributed by atoms with van der Waals surface area (Å²) in [7, 11) is 0. The third-order valence-corrected chi connectivity index (χ3v) is 5.80. The van der Waals surface area contributed by atoms with Crippen LogP contribution in [0.5, 0.6) is 0 Å². The van der Waals surface area contributed by atoms with Crippen molar-refractivity contribution < 1.29 is 0 Å². The van der Waals surface area contributed by atoms with Gasteiger partial charge in [0.2, 0.25) is 5.28 Å². The maximum atomic E-state index is 6.34. The molecular formula is C27H16ClN3. The van der Waals surface area contributed by atoms with Crippen LogP contribution in [-0.2, 0) is 0 Å². The second-order valence-electron chi connectivity index (χ2n) is 7.47. The molecule has 0 fully saturated rings. The van der Waals surface area contributed by atoms with Gasteiger partial charge in [-0.3, -0.25) is 0 Å². The molecule has 0 N–H and O–H groups in total. The Kier molecular flexibility index (Phi) is 4.15. The smallest absolute Gasteiger partial charge is 0.208 e.